The maximum absolute atomic E-state index is 9.72. The summed E-state index contributed by atoms with van der Waals surface area (Å²) in [4.78, 5) is 2.43. The molecule has 1 atom stereocenters. The largest absolute Gasteiger partial charge is 0.393 e. The second kappa shape index (κ2) is 4.97. The van der Waals surface area contributed by atoms with Crippen molar-refractivity contribution in [1.29, 1.82) is 0 Å². The molecule has 1 fully saturated rings. The van der Waals surface area contributed by atoms with Gasteiger partial charge in [-0.1, -0.05) is 23.7 Å². The lowest BCUT2D eigenvalue weighted by atomic mass is 9.88. The van der Waals surface area contributed by atoms with E-state index in [0.717, 1.165) is 31.0 Å². The summed E-state index contributed by atoms with van der Waals surface area (Å²) in [6.07, 6.45) is 1.57. The Hall–Kier alpha value is -0.570. The minimum Gasteiger partial charge on any atom is -0.393 e. The monoisotopic (exact) mass is 253 g/mol. The third-order valence-corrected chi connectivity index (χ3v) is 3.86. The van der Waals surface area contributed by atoms with Gasteiger partial charge in [-0.15, -0.1) is 0 Å². The van der Waals surface area contributed by atoms with Crippen molar-refractivity contribution in [2.45, 2.75) is 44.9 Å². The lowest BCUT2D eigenvalue weighted by Gasteiger charge is -2.44. The SMILES string of the molecule is CC1(C)CC(O)CCN1Cc1ccc(Cl)cc1. The van der Waals surface area contributed by atoms with Gasteiger partial charge < -0.3 is 5.11 Å². The zero-order valence-corrected chi connectivity index (χ0v) is 11.2. The lowest BCUT2D eigenvalue weighted by Crippen LogP contribution is -2.50. The molecule has 0 spiro atoms. The van der Waals surface area contributed by atoms with Crippen LogP contribution in [0.5, 0.6) is 0 Å². The van der Waals surface area contributed by atoms with E-state index in [1.807, 2.05) is 12.1 Å². The van der Waals surface area contributed by atoms with Gasteiger partial charge in [-0.3, -0.25) is 4.90 Å². The van der Waals surface area contributed by atoms with Gasteiger partial charge in [0.05, 0.1) is 6.10 Å². The second-order valence-corrected chi connectivity index (χ2v) is 5.94. The second-order valence-electron chi connectivity index (χ2n) is 5.51. The van der Waals surface area contributed by atoms with Gasteiger partial charge >= 0.3 is 0 Å². The van der Waals surface area contributed by atoms with Crippen molar-refractivity contribution in [2.75, 3.05) is 6.54 Å². The first-order valence-corrected chi connectivity index (χ1v) is 6.53. The van der Waals surface area contributed by atoms with E-state index < -0.39 is 0 Å². The van der Waals surface area contributed by atoms with Gasteiger partial charge in [0, 0.05) is 23.7 Å². The van der Waals surface area contributed by atoms with Crippen LogP contribution in [0.15, 0.2) is 24.3 Å². The first kappa shape index (κ1) is 12.9. The van der Waals surface area contributed by atoms with Crippen molar-refractivity contribution in [1.82, 2.24) is 4.90 Å². The summed E-state index contributed by atoms with van der Waals surface area (Å²) in [5.41, 5.74) is 1.34. The fourth-order valence-corrected chi connectivity index (χ4v) is 2.64. The average molecular weight is 254 g/mol. The van der Waals surface area contributed by atoms with E-state index in [1.54, 1.807) is 0 Å². The highest BCUT2D eigenvalue weighted by Gasteiger charge is 2.33. The molecule has 94 valence electrons. The molecule has 0 aliphatic carbocycles. The fraction of sp³-hybridized carbons (Fsp3) is 0.571. The molecule has 3 heteroatoms. The molecule has 17 heavy (non-hydrogen) atoms. The van der Waals surface area contributed by atoms with Gasteiger partial charge in [0.25, 0.3) is 0 Å². The third kappa shape index (κ3) is 3.21. The highest BCUT2D eigenvalue weighted by molar-refractivity contribution is 6.30. The number of hydrogen-bond acceptors (Lipinski definition) is 2. The van der Waals surface area contributed by atoms with Crippen LogP contribution in [0.1, 0.15) is 32.3 Å². The van der Waals surface area contributed by atoms with Crippen molar-refractivity contribution >= 4 is 11.6 Å². The number of aliphatic hydroxyl groups is 1. The van der Waals surface area contributed by atoms with Crippen LogP contribution in [0.3, 0.4) is 0 Å². The third-order valence-electron chi connectivity index (χ3n) is 3.61. The van der Waals surface area contributed by atoms with Crippen LogP contribution in [-0.4, -0.2) is 28.2 Å². The van der Waals surface area contributed by atoms with Gasteiger partial charge in [-0.2, -0.15) is 0 Å². The van der Waals surface area contributed by atoms with Crippen molar-refractivity contribution in [3.05, 3.63) is 34.9 Å². The van der Waals surface area contributed by atoms with Crippen molar-refractivity contribution < 1.29 is 5.11 Å². The smallest absolute Gasteiger partial charge is 0.0569 e. The van der Waals surface area contributed by atoms with Gasteiger partial charge in [0.1, 0.15) is 0 Å². The quantitative estimate of drug-likeness (QED) is 0.876. The van der Waals surface area contributed by atoms with Crippen LogP contribution in [0.25, 0.3) is 0 Å². The maximum Gasteiger partial charge on any atom is 0.0569 e. The van der Waals surface area contributed by atoms with E-state index in [4.69, 9.17) is 11.6 Å². The number of rotatable bonds is 2. The van der Waals surface area contributed by atoms with Crippen molar-refractivity contribution in [3.63, 3.8) is 0 Å². The van der Waals surface area contributed by atoms with E-state index in [0.29, 0.717) is 0 Å². The first-order valence-electron chi connectivity index (χ1n) is 6.15. The minimum absolute atomic E-state index is 0.0668. The number of hydrogen-bond donors (Lipinski definition) is 1. The Kier molecular flexibility index (Phi) is 3.76. The molecule has 2 rings (SSSR count). The molecule has 0 bridgehead atoms. The summed E-state index contributed by atoms with van der Waals surface area (Å²) in [5, 5.41) is 10.5. The Labute approximate surface area is 108 Å². The number of piperidine rings is 1. The number of likely N-dealkylation sites (tertiary alicyclic amines) is 1. The molecule has 1 aromatic carbocycles. The zero-order chi connectivity index (χ0) is 12.5. The van der Waals surface area contributed by atoms with Crippen LogP contribution in [0.4, 0.5) is 0 Å². The summed E-state index contributed by atoms with van der Waals surface area (Å²) in [5.74, 6) is 0. The molecular formula is C14H20ClNO. The summed E-state index contributed by atoms with van der Waals surface area (Å²) >= 11 is 5.88. The van der Waals surface area contributed by atoms with Crippen LogP contribution in [0.2, 0.25) is 5.02 Å². The first-order chi connectivity index (χ1) is 7.97. The molecule has 1 heterocycles. The molecule has 1 aliphatic rings. The van der Waals surface area contributed by atoms with Crippen LogP contribution < -0.4 is 0 Å². The normalized spacial score (nSPS) is 24.8. The minimum atomic E-state index is -0.147. The van der Waals surface area contributed by atoms with E-state index in [1.165, 1.54) is 5.56 Å². The number of nitrogens with zero attached hydrogens (tertiary/aromatic N) is 1. The average Bonchev–Trinajstić information content (AvgIpc) is 2.24. The van der Waals surface area contributed by atoms with E-state index in [2.05, 4.69) is 30.9 Å². The van der Waals surface area contributed by atoms with Crippen molar-refractivity contribution in [2.24, 2.45) is 0 Å². The van der Waals surface area contributed by atoms with E-state index >= 15 is 0 Å². The molecule has 0 amide bonds. The molecule has 0 aromatic heterocycles. The standard InChI is InChI=1S/C14H20ClNO/c1-14(2)9-13(17)7-8-16(14)10-11-3-5-12(15)6-4-11/h3-6,13,17H,7-10H2,1-2H3. The molecule has 1 N–H and O–H groups in total. The predicted molar refractivity (Wildman–Crippen MR) is 71.2 cm³/mol. The summed E-state index contributed by atoms with van der Waals surface area (Å²) in [7, 11) is 0. The topological polar surface area (TPSA) is 23.5 Å². The highest BCUT2D eigenvalue weighted by Crippen LogP contribution is 2.29. The molecular weight excluding hydrogens is 234 g/mol. The molecule has 1 unspecified atom stereocenters. The number of halogens is 1. The molecule has 0 saturated carbocycles. The van der Waals surface area contributed by atoms with Gasteiger partial charge in [-0.05, 0) is 44.4 Å². The molecule has 1 saturated heterocycles. The van der Waals surface area contributed by atoms with Crippen LogP contribution in [0, 0.1) is 0 Å². The lowest BCUT2D eigenvalue weighted by molar-refractivity contribution is -0.00717. The number of aliphatic hydroxyl groups excluding tert-OH is 1. The van der Waals surface area contributed by atoms with E-state index in [9.17, 15) is 5.11 Å². The number of benzene rings is 1. The van der Waals surface area contributed by atoms with Crippen LogP contribution >= 0.6 is 11.6 Å². The van der Waals surface area contributed by atoms with Gasteiger partial charge in [0.15, 0.2) is 0 Å². The van der Waals surface area contributed by atoms with E-state index in [-0.39, 0.29) is 11.6 Å². The Balaban J connectivity index is 2.05. The molecule has 1 aromatic rings. The summed E-state index contributed by atoms with van der Waals surface area (Å²) < 4.78 is 0. The molecule has 2 nitrogen and oxygen atoms in total. The maximum atomic E-state index is 9.72. The Morgan fingerprint density at radius 1 is 1.35 bits per heavy atom. The van der Waals surface area contributed by atoms with Crippen molar-refractivity contribution in [3.8, 4) is 0 Å². The predicted octanol–water partition coefficient (Wildman–Crippen LogP) is 3.08. The zero-order valence-electron chi connectivity index (χ0n) is 10.5. The van der Waals surface area contributed by atoms with Gasteiger partial charge in [-0.25, -0.2) is 0 Å². The Morgan fingerprint density at radius 3 is 2.59 bits per heavy atom. The van der Waals surface area contributed by atoms with Gasteiger partial charge in [0.2, 0.25) is 0 Å². The molecule has 0 radical (unpaired) electrons. The fourth-order valence-electron chi connectivity index (χ4n) is 2.52. The summed E-state index contributed by atoms with van der Waals surface area (Å²) in [6, 6.07) is 8.01. The Morgan fingerprint density at radius 2 is 2.00 bits per heavy atom. The highest BCUT2D eigenvalue weighted by atomic mass is 35.5. The Bertz CT molecular complexity index is 374. The van der Waals surface area contributed by atoms with Crippen LogP contribution in [-0.2, 0) is 6.54 Å². The summed E-state index contributed by atoms with van der Waals surface area (Å²) in [6.45, 7) is 6.28. The molecule has 1 aliphatic heterocycles.